The Morgan fingerprint density at radius 3 is 2.62 bits per heavy atom. The minimum absolute atomic E-state index is 0.209. The number of esters is 1. The van der Waals surface area contributed by atoms with Gasteiger partial charge in [-0.05, 0) is 42.8 Å². The number of carbonyl (C=O) groups is 1. The first-order valence-corrected chi connectivity index (χ1v) is 7.45. The van der Waals surface area contributed by atoms with Gasteiger partial charge in [0.2, 0.25) is 0 Å². The van der Waals surface area contributed by atoms with E-state index in [-0.39, 0.29) is 5.97 Å². The van der Waals surface area contributed by atoms with E-state index in [1.165, 1.54) is 0 Å². The van der Waals surface area contributed by atoms with Gasteiger partial charge in [0.15, 0.2) is 0 Å². The monoisotopic (exact) mass is 297 g/mol. The van der Waals surface area contributed by atoms with Crippen molar-refractivity contribution in [2.75, 3.05) is 6.61 Å². The van der Waals surface area contributed by atoms with Gasteiger partial charge in [-0.3, -0.25) is 4.79 Å². The summed E-state index contributed by atoms with van der Waals surface area (Å²) in [5.41, 5.74) is 1.59. The van der Waals surface area contributed by atoms with Gasteiger partial charge in [0, 0.05) is 9.79 Å². The molecule has 0 spiro atoms. The van der Waals surface area contributed by atoms with E-state index in [0.717, 1.165) is 15.4 Å². The van der Waals surface area contributed by atoms with Crippen molar-refractivity contribution in [2.45, 2.75) is 23.1 Å². The Hall–Kier alpha value is -2.25. The second-order valence-corrected chi connectivity index (χ2v) is 5.51. The zero-order valence-electron chi connectivity index (χ0n) is 11.7. The van der Waals surface area contributed by atoms with E-state index in [4.69, 9.17) is 10.00 Å². The smallest absolute Gasteiger partial charge is 0.310 e. The molecule has 0 saturated heterocycles. The van der Waals surface area contributed by atoms with Crippen molar-refractivity contribution >= 4 is 17.7 Å². The highest BCUT2D eigenvalue weighted by Crippen LogP contribution is 2.28. The third-order valence-corrected chi connectivity index (χ3v) is 3.77. The lowest BCUT2D eigenvalue weighted by molar-refractivity contribution is -0.142. The van der Waals surface area contributed by atoms with Crippen molar-refractivity contribution in [3.05, 3.63) is 59.7 Å². The minimum Gasteiger partial charge on any atom is -0.466 e. The maximum Gasteiger partial charge on any atom is 0.310 e. The summed E-state index contributed by atoms with van der Waals surface area (Å²) >= 11 is 1.59. The SMILES string of the molecule is CCOC(=O)Cc1ccc(Sc2cccc(C#N)c2)cc1. The van der Waals surface area contributed by atoms with E-state index in [2.05, 4.69) is 6.07 Å². The molecule has 0 bridgehead atoms. The molecule has 0 radical (unpaired) electrons. The summed E-state index contributed by atoms with van der Waals surface area (Å²) in [4.78, 5) is 13.5. The fourth-order valence-corrected chi connectivity index (χ4v) is 2.70. The van der Waals surface area contributed by atoms with Crippen LogP contribution < -0.4 is 0 Å². The highest BCUT2D eigenvalue weighted by molar-refractivity contribution is 7.99. The summed E-state index contributed by atoms with van der Waals surface area (Å²) in [5.74, 6) is -0.209. The van der Waals surface area contributed by atoms with E-state index in [1.807, 2.05) is 42.5 Å². The third-order valence-electron chi connectivity index (χ3n) is 2.78. The van der Waals surface area contributed by atoms with Crippen LogP contribution in [0.3, 0.4) is 0 Å². The van der Waals surface area contributed by atoms with E-state index >= 15 is 0 Å². The van der Waals surface area contributed by atoms with Crippen LogP contribution in [0, 0.1) is 11.3 Å². The van der Waals surface area contributed by atoms with Crippen molar-refractivity contribution in [1.29, 1.82) is 5.26 Å². The Morgan fingerprint density at radius 2 is 1.95 bits per heavy atom. The van der Waals surface area contributed by atoms with E-state index in [1.54, 1.807) is 24.8 Å². The average molecular weight is 297 g/mol. The number of carbonyl (C=O) groups excluding carboxylic acids is 1. The molecular formula is C17H15NO2S. The maximum atomic E-state index is 11.4. The number of hydrogen-bond donors (Lipinski definition) is 0. The quantitative estimate of drug-likeness (QED) is 0.787. The van der Waals surface area contributed by atoms with Gasteiger partial charge < -0.3 is 4.74 Å². The van der Waals surface area contributed by atoms with Crippen LogP contribution in [0.5, 0.6) is 0 Å². The summed E-state index contributed by atoms with van der Waals surface area (Å²) < 4.78 is 4.92. The molecule has 0 aliphatic heterocycles. The second kappa shape index (κ2) is 7.51. The van der Waals surface area contributed by atoms with E-state index < -0.39 is 0 Å². The molecule has 0 aliphatic rings. The minimum atomic E-state index is -0.209. The first kappa shape index (κ1) is 15.1. The fraction of sp³-hybridized carbons (Fsp3) is 0.176. The molecule has 2 aromatic carbocycles. The fourth-order valence-electron chi connectivity index (χ4n) is 1.82. The lowest BCUT2D eigenvalue weighted by Gasteiger charge is -2.05. The average Bonchev–Trinajstić information content (AvgIpc) is 2.50. The standard InChI is InChI=1S/C17H15NO2S/c1-2-20-17(19)11-13-6-8-15(9-7-13)21-16-5-3-4-14(10-16)12-18/h3-10H,2,11H2,1H3. The molecule has 0 fully saturated rings. The van der Waals surface area contributed by atoms with Crippen molar-refractivity contribution in [1.82, 2.24) is 0 Å². The zero-order valence-corrected chi connectivity index (χ0v) is 12.5. The predicted octanol–water partition coefficient (Wildman–Crippen LogP) is 3.82. The lowest BCUT2D eigenvalue weighted by atomic mass is 10.1. The summed E-state index contributed by atoms with van der Waals surface area (Å²) in [6, 6.07) is 17.4. The Bertz CT molecular complexity index is 659. The molecule has 0 aliphatic carbocycles. The van der Waals surface area contributed by atoms with Crippen LogP contribution in [0.2, 0.25) is 0 Å². The van der Waals surface area contributed by atoms with Crippen LogP contribution in [0.4, 0.5) is 0 Å². The summed E-state index contributed by atoms with van der Waals surface area (Å²) in [7, 11) is 0. The van der Waals surface area contributed by atoms with Crippen LogP contribution in [0.1, 0.15) is 18.1 Å². The highest BCUT2D eigenvalue weighted by atomic mass is 32.2. The second-order valence-electron chi connectivity index (χ2n) is 4.37. The van der Waals surface area contributed by atoms with Crippen LogP contribution in [0.15, 0.2) is 58.3 Å². The molecule has 0 amide bonds. The van der Waals surface area contributed by atoms with Crippen LogP contribution in [0.25, 0.3) is 0 Å². The molecule has 106 valence electrons. The molecule has 3 nitrogen and oxygen atoms in total. The largest absolute Gasteiger partial charge is 0.466 e. The van der Waals surface area contributed by atoms with Gasteiger partial charge in [-0.2, -0.15) is 5.26 Å². The summed E-state index contributed by atoms with van der Waals surface area (Å²) in [6.45, 7) is 2.20. The first-order valence-electron chi connectivity index (χ1n) is 6.64. The molecule has 0 atom stereocenters. The third kappa shape index (κ3) is 4.66. The van der Waals surface area contributed by atoms with Crippen molar-refractivity contribution in [3.63, 3.8) is 0 Å². The van der Waals surface area contributed by atoms with Gasteiger partial charge in [-0.1, -0.05) is 30.0 Å². The van der Waals surface area contributed by atoms with Gasteiger partial charge in [-0.15, -0.1) is 0 Å². The van der Waals surface area contributed by atoms with Gasteiger partial charge in [0.25, 0.3) is 0 Å². The number of benzene rings is 2. The van der Waals surface area contributed by atoms with Crippen molar-refractivity contribution in [3.8, 4) is 6.07 Å². The van der Waals surface area contributed by atoms with E-state index in [9.17, 15) is 4.79 Å². The Morgan fingerprint density at radius 1 is 1.19 bits per heavy atom. The summed E-state index contributed by atoms with van der Waals surface area (Å²) in [6.07, 6.45) is 0.294. The molecule has 21 heavy (non-hydrogen) atoms. The zero-order chi connectivity index (χ0) is 15.1. The van der Waals surface area contributed by atoms with Gasteiger partial charge in [0.05, 0.1) is 24.7 Å². The first-order chi connectivity index (χ1) is 10.2. The topological polar surface area (TPSA) is 50.1 Å². The number of nitriles is 1. The number of rotatable bonds is 5. The van der Waals surface area contributed by atoms with Crippen molar-refractivity contribution in [2.24, 2.45) is 0 Å². The Balaban J connectivity index is 2.02. The predicted molar refractivity (Wildman–Crippen MR) is 82.1 cm³/mol. The van der Waals surface area contributed by atoms with Crippen LogP contribution in [-0.2, 0) is 16.0 Å². The normalized spacial score (nSPS) is 9.90. The molecular weight excluding hydrogens is 282 g/mol. The van der Waals surface area contributed by atoms with Crippen molar-refractivity contribution < 1.29 is 9.53 Å². The van der Waals surface area contributed by atoms with Gasteiger partial charge in [-0.25, -0.2) is 0 Å². The molecule has 4 heteroatoms. The number of hydrogen-bond acceptors (Lipinski definition) is 4. The Labute approximate surface area is 128 Å². The molecule has 2 aromatic rings. The van der Waals surface area contributed by atoms with Gasteiger partial charge >= 0.3 is 5.97 Å². The number of nitrogens with zero attached hydrogens (tertiary/aromatic N) is 1. The summed E-state index contributed by atoms with van der Waals surface area (Å²) in [5, 5.41) is 8.89. The Kier molecular flexibility index (Phi) is 5.42. The molecule has 0 unspecified atom stereocenters. The molecule has 0 heterocycles. The van der Waals surface area contributed by atoms with Crippen LogP contribution in [-0.4, -0.2) is 12.6 Å². The molecule has 2 rings (SSSR count). The highest BCUT2D eigenvalue weighted by Gasteiger charge is 2.04. The molecule has 0 N–H and O–H groups in total. The maximum absolute atomic E-state index is 11.4. The van der Waals surface area contributed by atoms with Crippen LogP contribution >= 0.6 is 11.8 Å². The lowest BCUT2D eigenvalue weighted by Crippen LogP contribution is -2.07. The van der Waals surface area contributed by atoms with Gasteiger partial charge in [0.1, 0.15) is 0 Å². The molecule has 0 saturated carbocycles. The molecule has 0 aromatic heterocycles. The number of ether oxygens (including phenoxy) is 1. The van der Waals surface area contributed by atoms with E-state index in [0.29, 0.717) is 18.6 Å².